The monoisotopic (exact) mass is 314 g/mol. The van der Waals surface area contributed by atoms with Gasteiger partial charge in [0.2, 0.25) is 0 Å². The second-order valence-corrected chi connectivity index (χ2v) is 5.85. The molecule has 4 heteroatoms. The van der Waals surface area contributed by atoms with Crippen molar-refractivity contribution in [1.82, 2.24) is 14.6 Å². The molecule has 2 heterocycles. The molecule has 4 rings (SSSR count). The molecular weight excluding hydrogens is 296 g/mol. The van der Waals surface area contributed by atoms with E-state index >= 15 is 0 Å². The van der Waals surface area contributed by atoms with Gasteiger partial charge in [0, 0.05) is 18.5 Å². The van der Waals surface area contributed by atoms with Gasteiger partial charge < -0.3 is 5.73 Å². The Morgan fingerprint density at radius 3 is 2.04 bits per heavy atom. The number of nitrogens with zero attached hydrogens (tertiary/aromatic N) is 3. The molecule has 0 aliphatic carbocycles. The highest BCUT2D eigenvalue weighted by Crippen LogP contribution is 2.28. The number of nitrogens with two attached hydrogens (primary N) is 1. The lowest BCUT2D eigenvalue weighted by Crippen LogP contribution is -2.08. The van der Waals surface area contributed by atoms with Gasteiger partial charge in [-0.25, -0.2) is 0 Å². The van der Waals surface area contributed by atoms with Gasteiger partial charge in [-0.2, -0.15) is 0 Å². The summed E-state index contributed by atoms with van der Waals surface area (Å²) in [4.78, 5) is 0. The van der Waals surface area contributed by atoms with E-state index in [0.717, 1.165) is 12.2 Å². The van der Waals surface area contributed by atoms with Crippen molar-refractivity contribution in [3.63, 3.8) is 0 Å². The molecule has 0 saturated carbocycles. The molecule has 4 nitrogen and oxygen atoms in total. The van der Waals surface area contributed by atoms with E-state index in [1.54, 1.807) is 0 Å². The van der Waals surface area contributed by atoms with E-state index in [4.69, 9.17) is 5.73 Å². The quantitative estimate of drug-likeness (QED) is 0.625. The number of fused-ring (bicyclic) bond motifs is 1. The van der Waals surface area contributed by atoms with Crippen LogP contribution in [-0.2, 0) is 6.42 Å². The van der Waals surface area contributed by atoms with Gasteiger partial charge in [-0.15, -0.1) is 10.2 Å². The lowest BCUT2D eigenvalue weighted by atomic mass is 9.88. The average molecular weight is 314 g/mol. The topological polar surface area (TPSA) is 56.2 Å². The van der Waals surface area contributed by atoms with E-state index in [0.29, 0.717) is 11.3 Å². The smallest absolute Gasteiger partial charge is 0.183 e. The predicted octanol–water partition coefficient (Wildman–Crippen LogP) is 3.69. The first kappa shape index (κ1) is 14.5. The molecule has 0 unspecified atom stereocenters. The molecule has 118 valence electrons. The first-order valence-electron chi connectivity index (χ1n) is 8.01. The lowest BCUT2D eigenvalue weighted by Gasteiger charge is -2.17. The Bertz CT molecular complexity index is 906. The number of benzene rings is 2. The molecule has 0 saturated heterocycles. The first-order valence-corrected chi connectivity index (χ1v) is 8.01. The average Bonchev–Trinajstić information content (AvgIpc) is 3.05. The van der Waals surface area contributed by atoms with Gasteiger partial charge in [-0.1, -0.05) is 60.7 Å². The molecule has 0 atom stereocenters. The molecule has 24 heavy (non-hydrogen) atoms. The second kappa shape index (κ2) is 6.16. The van der Waals surface area contributed by atoms with Crippen molar-refractivity contribution < 1.29 is 0 Å². The third-order valence-corrected chi connectivity index (χ3v) is 4.33. The number of hydrogen-bond acceptors (Lipinski definition) is 3. The summed E-state index contributed by atoms with van der Waals surface area (Å²) in [5, 5.41) is 8.63. The van der Waals surface area contributed by atoms with E-state index in [2.05, 4.69) is 58.7 Å². The van der Waals surface area contributed by atoms with Crippen molar-refractivity contribution >= 4 is 11.3 Å². The maximum Gasteiger partial charge on any atom is 0.183 e. The van der Waals surface area contributed by atoms with Crippen LogP contribution in [0.15, 0.2) is 79.0 Å². The van der Waals surface area contributed by atoms with Gasteiger partial charge in [0.25, 0.3) is 0 Å². The standard InChI is InChI=1S/C20H18N4/c21-18-12-7-13-24-19(22-23-20(18)24)14-17(15-8-3-1-4-9-15)16-10-5-2-6-11-16/h1-13,17H,14,21H2. The summed E-state index contributed by atoms with van der Waals surface area (Å²) in [7, 11) is 0. The SMILES string of the molecule is Nc1cccn2c(CC(c3ccccc3)c3ccccc3)nnc12. The number of rotatable bonds is 4. The Labute approximate surface area is 140 Å². The van der Waals surface area contributed by atoms with Crippen molar-refractivity contribution in [2.75, 3.05) is 5.73 Å². The van der Waals surface area contributed by atoms with Gasteiger partial charge in [0.1, 0.15) is 5.82 Å². The van der Waals surface area contributed by atoms with Gasteiger partial charge in [-0.3, -0.25) is 4.40 Å². The van der Waals surface area contributed by atoms with Gasteiger partial charge >= 0.3 is 0 Å². The van der Waals surface area contributed by atoms with Gasteiger partial charge in [0.05, 0.1) is 5.69 Å². The maximum absolute atomic E-state index is 6.00. The van der Waals surface area contributed by atoms with Crippen LogP contribution in [0.2, 0.25) is 0 Å². The minimum atomic E-state index is 0.223. The van der Waals surface area contributed by atoms with Gasteiger partial charge in [-0.05, 0) is 23.3 Å². The molecule has 2 N–H and O–H groups in total. The predicted molar refractivity (Wildman–Crippen MR) is 95.8 cm³/mol. The number of aromatic nitrogens is 3. The molecule has 2 aromatic heterocycles. The first-order chi connectivity index (χ1) is 11.8. The van der Waals surface area contributed by atoms with Crippen molar-refractivity contribution in [3.8, 4) is 0 Å². The zero-order valence-electron chi connectivity index (χ0n) is 13.2. The van der Waals surface area contributed by atoms with Crippen LogP contribution in [0.1, 0.15) is 22.9 Å². The van der Waals surface area contributed by atoms with Crippen LogP contribution in [0.5, 0.6) is 0 Å². The van der Waals surface area contributed by atoms with E-state index in [1.165, 1.54) is 11.1 Å². The molecule has 0 amide bonds. The van der Waals surface area contributed by atoms with Crippen molar-refractivity contribution in [2.24, 2.45) is 0 Å². The molecule has 0 radical (unpaired) electrons. The van der Waals surface area contributed by atoms with Crippen LogP contribution < -0.4 is 5.73 Å². The fraction of sp³-hybridized carbons (Fsp3) is 0.100. The summed E-state index contributed by atoms with van der Waals surface area (Å²) in [5.41, 5.74) is 9.90. The molecule has 0 spiro atoms. The largest absolute Gasteiger partial charge is 0.396 e. The Hall–Kier alpha value is -3.14. The lowest BCUT2D eigenvalue weighted by molar-refractivity contribution is 0.744. The van der Waals surface area contributed by atoms with E-state index in [9.17, 15) is 0 Å². The molecule has 0 fully saturated rings. The van der Waals surface area contributed by atoms with E-state index in [-0.39, 0.29) is 5.92 Å². The van der Waals surface area contributed by atoms with E-state index in [1.807, 2.05) is 34.9 Å². The fourth-order valence-corrected chi connectivity index (χ4v) is 3.11. The molecule has 2 aromatic carbocycles. The summed E-state index contributed by atoms with van der Waals surface area (Å²) in [6.45, 7) is 0. The highest BCUT2D eigenvalue weighted by molar-refractivity contribution is 5.63. The van der Waals surface area contributed by atoms with Gasteiger partial charge in [0.15, 0.2) is 5.65 Å². The molecule has 4 aromatic rings. The molecule has 0 aliphatic rings. The Morgan fingerprint density at radius 2 is 1.42 bits per heavy atom. The molecule has 0 aliphatic heterocycles. The molecular formula is C20H18N4. The zero-order chi connectivity index (χ0) is 16.4. The van der Waals surface area contributed by atoms with Crippen LogP contribution in [0.25, 0.3) is 5.65 Å². The molecule has 0 bridgehead atoms. The minimum absolute atomic E-state index is 0.223. The highest BCUT2D eigenvalue weighted by atomic mass is 15.2. The summed E-state index contributed by atoms with van der Waals surface area (Å²) >= 11 is 0. The van der Waals surface area contributed by atoms with Crippen molar-refractivity contribution in [1.29, 1.82) is 0 Å². The third-order valence-electron chi connectivity index (χ3n) is 4.33. The summed E-state index contributed by atoms with van der Waals surface area (Å²) in [5.74, 6) is 1.14. The van der Waals surface area contributed by atoms with Crippen molar-refractivity contribution in [3.05, 3.63) is 95.9 Å². The summed E-state index contributed by atoms with van der Waals surface area (Å²) < 4.78 is 1.98. The zero-order valence-corrected chi connectivity index (χ0v) is 13.2. The number of anilines is 1. The highest BCUT2D eigenvalue weighted by Gasteiger charge is 2.18. The number of pyridine rings is 1. The van der Waals surface area contributed by atoms with Crippen LogP contribution in [0.3, 0.4) is 0 Å². The van der Waals surface area contributed by atoms with Crippen molar-refractivity contribution in [2.45, 2.75) is 12.3 Å². The normalized spacial score (nSPS) is 11.2. The third kappa shape index (κ3) is 2.63. The fourth-order valence-electron chi connectivity index (χ4n) is 3.11. The maximum atomic E-state index is 6.00. The Morgan fingerprint density at radius 1 is 0.792 bits per heavy atom. The van der Waals surface area contributed by atoms with Crippen LogP contribution in [-0.4, -0.2) is 14.6 Å². The Balaban J connectivity index is 1.78. The van der Waals surface area contributed by atoms with Crippen LogP contribution >= 0.6 is 0 Å². The number of nitrogen functional groups attached to an aromatic ring is 1. The summed E-state index contributed by atoms with van der Waals surface area (Å²) in [6.07, 6.45) is 2.73. The Kier molecular flexibility index (Phi) is 3.71. The van der Waals surface area contributed by atoms with Crippen LogP contribution in [0, 0.1) is 0 Å². The van der Waals surface area contributed by atoms with E-state index < -0.39 is 0 Å². The number of hydrogen-bond donors (Lipinski definition) is 1. The minimum Gasteiger partial charge on any atom is -0.396 e. The van der Waals surface area contributed by atoms with Crippen LogP contribution in [0.4, 0.5) is 5.69 Å². The second-order valence-electron chi connectivity index (χ2n) is 5.85. The summed E-state index contributed by atoms with van der Waals surface area (Å²) in [6, 6.07) is 24.8.